The molecule has 1 heterocycles. The minimum absolute atomic E-state index is 0.0354. The first-order chi connectivity index (χ1) is 10.7. The number of ether oxygens (including phenoxy) is 1. The van der Waals surface area contributed by atoms with E-state index in [9.17, 15) is 4.79 Å². The van der Waals surface area contributed by atoms with E-state index in [4.69, 9.17) is 4.74 Å². The van der Waals surface area contributed by atoms with Crippen LogP contribution in [0, 0.1) is 0 Å². The first kappa shape index (κ1) is 14.7. The van der Waals surface area contributed by atoms with Crippen molar-refractivity contribution in [3.05, 3.63) is 54.2 Å². The second-order valence-corrected chi connectivity index (χ2v) is 7.01. The van der Waals surface area contributed by atoms with Gasteiger partial charge in [-0.15, -0.1) is 0 Å². The maximum absolute atomic E-state index is 12.2. The van der Waals surface area contributed by atoms with Crippen LogP contribution in [0.4, 0.5) is 0 Å². The molecule has 0 saturated heterocycles. The van der Waals surface area contributed by atoms with Crippen LogP contribution >= 0.6 is 0 Å². The van der Waals surface area contributed by atoms with Gasteiger partial charge in [-0.2, -0.15) is 0 Å². The van der Waals surface area contributed by atoms with Gasteiger partial charge in [-0.05, 0) is 0 Å². The van der Waals surface area contributed by atoms with Crippen molar-refractivity contribution in [3.8, 4) is 5.75 Å². The normalized spacial score (nSPS) is 10.6. The van der Waals surface area contributed by atoms with E-state index in [0.29, 0.717) is 5.69 Å². The van der Waals surface area contributed by atoms with Crippen LogP contribution in [0.5, 0.6) is 5.75 Å². The molecule has 0 bridgehead atoms. The Labute approximate surface area is 135 Å². The molecule has 2 N–H and O–H groups in total. The zero-order valence-corrected chi connectivity index (χ0v) is 14.1. The van der Waals surface area contributed by atoms with E-state index in [-0.39, 0.29) is 20.9 Å². The summed E-state index contributed by atoms with van der Waals surface area (Å²) in [5.41, 5.74) is 1.59. The molecule has 4 nitrogen and oxygen atoms in total. The Bertz CT molecular complexity index is 812. The first-order valence-electron chi connectivity index (χ1n) is 6.87. The van der Waals surface area contributed by atoms with Crippen LogP contribution in [0.25, 0.3) is 10.9 Å². The van der Waals surface area contributed by atoms with Crippen molar-refractivity contribution in [3.63, 3.8) is 0 Å². The van der Waals surface area contributed by atoms with Crippen molar-refractivity contribution < 1.29 is 9.53 Å². The van der Waals surface area contributed by atoms with E-state index >= 15 is 0 Å². The number of methoxy groups -OCH3 is 1. The molecule has 0 aliphatic rings. The van der Waals surface area contributed by atoms with Crippen LogP contribution in [-0.2, 0) is 0 Å². The molecule has 0 radical (unpaired) electrons. The van der Waals surface area contributed by atoms with Crippen molar-refractivity contribution in [2.75, 3.05) is 14.2 Å². The fourth-order valence-electron chi connectivity index (χ4n) is 2.27. The van der Waals surface area contributed by atoms with Crippen molar-refractivity contribution >= 4 is 40.7 Å². The zero-order valence-electron chi connectivity index (χ0n) is 12.3. The SMILES string of the molecule is CNC(=O)c1[nH]c2ccc(OC)cc2c1[Se]c1ccccc1. The Hall–Kier alpha value is -2.23. The number of carbonyl (C=O) groups excluding carboxylic acids is 1. The van der Waals surface area contributed by atoms with Crippen molar-refractivity contribution in [1.29, 1.82) is 0 Å². The number of aromatic nitrogens is 1. The van der Waals surface area contributed by atoms with Gasteiger partial charge in [0.15, 0.2) is 0 Å². The number of rotatable bonds is 4. The molecule has 0 saturated carbocycles. The summed E-state index contributed by atoms with van der Waals surface area (Å²) in [5, 5.41) is 3.75. The van der Waals surface area contributed by atoms with Crippen LogP contribution in [0.2, 0.25) is 0 Å². The van der Waals surface area contributed by atoms with Gasteiger partial charge in [-0.25, -0.2) is 0 Å². The third kappa shape index (κ3) is 2.73. The Kier molecular flexibility index (Phi) is 4.18. The molecule has 1 amide bonds. The molecule has 0 unspecified atom stereocenters. The van der Waals surface area contributed by atoms with Gasteiger partial charge in [0.1, 0.15) is 0 Å². The van der Waals surface area contributed by atoms with Crippen molar-refractivity contribution in [2.24, 2.45) is 0 Å². The van der Waals surface area contributed by atoms with Gasteiger partial charge >= 0.3 is 135 Å². The molecule has 3 aromatic rings. The Morgan fingerprint density at radius 2 is 1.95 bits per heavy atom. The van der Waals surface area contributed by atoms with Crippen LogP contribution in [0.1, 0.15) is 10.5 Å². The number of hydrogen-bond donors (Lipinski definition) is 2. The van der Waals surface area contributed by atoms with E-state index in [1.54, 1.807) is 14.2 Å². The van der Waals surface area contributed by atoms with Crippen molar-refractivity contribution in [1.82, 2.24) is 10.3 Å². The molecule has 112 valence electrons. The number of fused-ring (bicyclic) bond motifs is 1. The predicted octanol–water partition coefficient (Wildman–Crippen LogP) is 1.19. The summed E-state index contributed by atoms with van der Waals surface area (Å²) in [7, 11) is 3.29. The summed E-state index contributed by atoms with van der Waals surface area (Å²) in [5.74, 6) is 0.697. The molecule has 0 aliphatic carbocycles. The van der Waals surface area contributed by atoms with Crippen LogP contribution in [-0.4, -0.2) is 40.0 Å². The third-order valence-corrected chi connectivity index (χ3v) is 5.76. The number of hydrogen-bond acceptors (Lipinski definition) is 2. The monoisotopic (exact) mass is 360 g/mol. The first-order valence-corrected chi connectivity index (χ1v) is 8.59. The van der Waals surface area contributed by atoms with Gasteiger partial charge in [0.05, 0.1) is 0 Å². The Balaban J connectivity index is 2.16. The average molecular weight is 359 g/mol. The van der Waals surface area contributed by atoms with Gasteiger partial charge < -0.3 is 0 Å². The summed E-state index contributed by atoms with van der Waals surface area (Å²) in [6.07, 6.45) is 0. The Morgan fingerprint density at radius 1 is 1.18 bits per heavy atom. The minimum atomic E-state index is -0.0945. The van der Waals surface area contributed by atoms with Crippen molar-refractivity contribution in [2.45, 2.75) is 0 Å². The average Bonchev–Trinajstić information content (AvgIpc) is 2.93. The summed E-state index contributed by atoms with van der Waals surface area (Å²) in [4.78, 5) is 15.4. The van der Waals surface area contributed by atoms with E-state index in [2.05, 4.69) is 22.4 Å². The molecule has 0 spiro atoms. The van der Waals surface area contributed by atoms with Crippen LogP contribution < -0.4 is 19.0 Å². The second-order valence-electron chi connectivity index (χ2n) is 4.73. The molecule has 5 heteroatoms. The quantitative estimate of drug-likeness (QED) is 0.688. The van der Waals surface area contributed by atoms with Gasteiger partial charge in [0, 0.05) is 0 Å². The summed E-state index contributed by atoms with van der Waals surface area (Å²) >= 11 is 0.0354. The fraction of sp³-hybridized carbons (Fsp3) is 0.118. The van der Waals surface area contributed by atoms with E-state index in [1.165, 1.54) is 4.46 Å². The van der Waals surface area contributed by atoms with Crippen LogP contribution in [0.15, 0.2) is 48.5 Å². The molecular weight excluding hydrogens is 343 g/mol. The molecule has 3 rings (SSSR count). The number of carbonyl (C=O) groups is 1. The molecule has 0 fully saturated rings. The van der Waals surface area contributed by atoms with Crippen LogP contribution in [0.3, 0.4) is 0 Å². The predicted molar refractivity (Wildman–Crippen MR) is 89.7 cm³/mol. The molecule has 0 atom stereocenters. The third-order valence-electron chi connectivity index (χ3n) is 3.38. The van der Waals surface area contributed by atoms with Gasteiger partial charge in [0.25, 0.3) is 0 Å². The van der Waals surface area contributed by atoms with E-state index in [1.807, 2.05) is 36.4 Å². The maximum atomic E-state index is 12.2. The summed E-state index contributed by atoms with van der Waals surface area (Å²) < 4.78 is 7.59. The summed E-state index contributed by atoms with van der Waals surface area (Å²) in [6, 6.07) is 16.0. The Morgan fingerprint density at radius 3 is 2.64 bits per heavy atom. The van der Waals surface area contributed by atoms with Gasteiger partial charge in [-0.3, -0.25) is 0 Å². The van der Waals surface area contributed by atoms with E-state index in [0.717, 1.165) is 21.1 Å². The summed E-state index contributed by atoms with van der Waals surface area (Å²) in [6.45, 7) is 0. The van der Waals surface area contributed by atoms with Gasteiger partial charge in [0.2, 0.25) is 0 Å². The zero-order chi connectivity index (χ0) is 15.5. The molecular formula is C17H16N2O2Se. The molecule has 0 aliphatic heterocycles. The number of nitrogens with one attached hydrogen (secondary N) is 2. The number of amides is 1. The number of H-pyrrole nitrogens is 1. The molecule has 22 heavy (non-hydrogen) atoms. The van der Waals surface area contributed by atoms with E-state index < -0.39 is 0 Å². The topological polar surface area (TPSA) is 54.1 Å². The molecule has 2 aromatic carbocycles. The number of aromatic amines is 1. The number of benzene rings is 2. The van der Waals surface area contributed by atoms with Gasteiger partial charge in [-0.1, -0.05) is 0 Å². The molecule has 1 aromatic heterocycles. The second kappa shape index (κ2) is 6.26. The fourth-order valence-corrected chi connectivity index (χ4v) is 4.48. The standard InChI is InChI=1S/C17H16N2O2Se/c1-18-17(20)15-16(22-12-6-4-3-5-7-12)13-10-11(21-2)8-9-14(13)19-15/h3-10,19H,1-2H3,(H,18,20).